The number of rotatable bonds is 3. The summed E-state index contributed by atoms with van der Waals surface area (Å²) >= 11 is 0. The first-order valence-corrected chi connectivity index (χ1v) is 10.6. The Kier molecular flexibility index (Phi) is 4.24. The van der Waals surface area contributed by atoms with Gasteiger partial charge >= 0.3 is 0 Å². The average molecular weight is 422 g/mol. The van der Waals surface area contributed by atoms with Crippen LogP contribution in [-0.2, 0) is 0 Å². The molecular formula is C26H22N4O2. The normalized spacial score (nSPS) is 18.7. The quantitative estimate of drug-likeness (QED) is 0.494. The van der Waals surface area contributed by atoms with Crippen molar-refractivity contribution >= 4 is 11.6 Å². The first kappa shape index (κ1) is 18.7. The van der Waals surface area contributed by atoms with Crippen LogP contribution in [0.2, 0.25) is 0 Å². The molecule has 2 atom stereocenters. The standard InChI is InChI=1S/C26H22N4O2/c1-16-7-9-18(10-8-16)25-22-23(20-5-3-4-6-21(20)32-25)29-26-27-15-28-30(26)24(22)17-11-13-19(31-2)14-12-17/h3-15,24-25H,1-2H3,(H,27,28,29)/t24-,25-/m0/s1. The van der Waals surface area contributed by atoms with Crippen molar-refractivity contribution in [2.75, 3.05) is 12.4 Å². The average Bonchev–Trinajstić information content (AvgIpc) is 3.31. The van der Waals surface area contributed by atoms with Crippen molar-refractivity contribution < 1.29 is 9.47 Å². The second kappa shape index (κ2) is 7.27. The third-order valence-electron chi connectivity index (χ3n) is 6.13. The summed E-state index contributed by atoms with van der Waals surface area (Å²) in [5, 5.41) is 8.10. The minimum atomic E-state index is -0.266. The molecule has 32 heavy (non-hydrogen) atoms. The zero-order valence-electron chi connectivity index (χ0n) is 17.8. The van der Waals surface area contributed by atoms with Crippen molar-refractivity contribution in [3.8, 4) is 11.5 Å². The maximum Gasteiger partial charge on any atom is 0.226 e. The SMILES string of the molecule is COc1ccc([C@H]2C3=C(Nc4ncnn42)c2ccccc2O[C@H]3c2ccc(C)cc2)cc1. The van der Waals surface area contributed by atoms with Crippen molar-refractivity contribution in [2.24, 2.45) is 0 Å². The summed E-state index contributed by atoms with van der Waals surface area (Å²) < 4.78 is 13.9. The Morgan fingerprint density at radius 1 is 0.938 bits per heavy atom. The van der Waals surface area contributed by atoms with Crippen molar-refractivity contribution in [1.82, 2.24) is 14.8 Å². The highest BCUT2D eigenvalue weighted by atomic mass is 16.5. The largest absolute Gasteiger partial charge is 0.497 e. The van der Waals surface area contributed by atoms with Crippen LogP contribution in [0.25, 0.3) is 5.70 Å². The van der Waals surface area contributed by atoms with E-state index in [-0.39, 0.29) is 12.1 Å². The monoisotopic (exact) mass is 422 g/mol. The van der Waals surface area contributed by atoms with Crippen LogP contribution in [0.4, 0.5) is 5.95 Å². The highest BCUT2D eigenvalue weighted by molar-refractivity contribution is 5.85. The number of hydrogen-bond donors (Lipinski definition) is 1. The van der Waals surface area contributed by atoms with Crippen LogP contribution in [0, 0.1) is 6.92 Å². The summed E-state index contributed by atoms with van der Waals surface area (Å²) in [4.78, 5) is 4.48. The molecular weight excluding hydrogens is 400 g/mol. The molecule has 2 aliphatic heterocycles. The molecule has 0 fully saturated rings. The highest BCUT2D eigenvalue weighted by Gasteiger charge is 2.40. The zero-order chi connectivity index (χ0) is 21.7. The number of aryl methyl sites for hydroxylation is 1. The van der Waals surface area contributed by atoms with Gasteiger partial charge in [0.05, 0.1) is 12.8 Å². The Hall–Kier alpha value is -4.06. The van der Waals surface area contributed by atoms with Gasteiger partial charge in [-0.15, -0.1) is 0 Å². The van der Waals surface area contributed by atoms with Crippen LogP contribution in [0.5, 0.6) is 11.5 Å². The number of fused-ring (bicyclic) bond motifs is 3. The molecule has 0 saturated heterocycles. The van der Waals surface area contributed by atoms with Crippen LogP contribution in [-0.4, -0.2) is 21.9 Å². The lowest BCUT2D eigenvalue weighted by atomic mass is 9.84. The third-order valence-corrected chi connectivity index (χ3v) is 6.13. The molecule has 0 radical (unpaired) electrons. The number of nitrogens with zero attached hydrogens (tertiary/aromatic N) is 3. The molecule has 2 aliphatic rings. The van der Waals surface area contributed by atoms with Crippen molar-refractivity contribution in [2.45, 2.75) is 19.1 Å². The molecule has 158 valence electrons. The van der Waals surface area contributed by atoms with E-state index in [1.807, 2.05) is 35.0 Å². The number of methoxy groups -OCH3 is 1. The van der Waals surface area contributed by atoms with Crippen LogP contribution < -0.4 is 14.8 Å². The minimum Gasteiger partial charge on any atom is -0.497 e. The Morgan fingerprint density at radius 2 is 1.69 bits per heavy atom. The Labute approximate surface area is 186 Å². The second-order valence-corrected chi connectivity index (χ2v) is 8.06. The van der Waals surface area contributed by atoms with Crippen molar-refractivity contribution in [1.29, 1.82) is 0 Å². The molecule has 6 rings (SSSR count). The van der Waals surface area contributed by atoms with E-state index in [4.69, 9.17) is 9.47 Å². The molecule has 4 aromatic rings. The predicted molar refractivity (Wildman–Crippen MR) is 123 cm³/mol. The Bertz CT molecular complexity index is 1320. The Morgan fingerprint density at radius 3 is 2.47 bits per heavy atom. The number of benzene rings is 3. The van der Waals surface area contributed by atoms with Crippen LogP contribution >= 0.6 is 0 Å². The van der Waals surface area contributed by atoms with Crippen LogP contribution in [0.1, 0.15) is 34.4 Å². The molecule has 0 unspecified atom stereocenters. The highest BCUT2D eigenvalue weighted by Crippen LogP contribution is 2.50. The number of para-hydroxylation sites is 1. The molecule has 1 N–H and O–H groups in total. The molecule has 3 heterocycles. The first-order chi connectivity index (χ1) is 15.7. The Balaban J connectivity index is 1.60. The fraction of sp³-hybridized carbons (Fsp3) is 0.154. The van der Waals surface area contributed by atoms with Crippen LogP contribution in [0.3, 0.4) is 0 Å². The van der Waals surface area contributed by atoms with Gasteiger partial charge in [0.1, 0.15) is 30.0 Å². The molecule has 1 aromatic heterocycles. The van der Waals surface area contributed by atoms with Gasteiger partial charge in [-0.2, -0.15) is 10.1 Å². The molecule has 6 nitrogen and oxygen atoms in total. The summed E-state index contributed by atoms with van der Waals surface area (Å²) in [7, 11) is 1.68. The van der Waals surface area contributed by atoms with Gasteiger partial charge in [0, 0.05) is 11.1 Å². The van der Waals surface area contributed by atoms with Crippen LogP contribution in [0.15, 0.2) is 84.7 Å². The number of aromatic nitrogens is 3. The zero-order valence-corrected chi connectivity index (χ0v) is 17.8. The van der Waals surface area contributed by atoms with Gasteiger partial charge in [0.25, 0.3) is 0 Å². The minimum absolute atomic E-state index is 0.172. The van der Waals surface area contributed by atoms with E-state index in [1.165, 1.54) is 5.56 Å². The van der Waals surface area contributed by atoms with Crippen molar-refractivity contribution in [3.05, 3.63) is 107 Å². The smallest absolute Gasteiger partial charge is 0.226 e. The third kappa shape index (κ3) is 2.87. The first-order valence-electron chi connectivity index (χ1n) is 10.6. The summed E-state index contributed by atoms with van der Waals surface area (Å²) in [5.41, 5.74) is 6.56. The maximum absolute atomic E-state index is 6.63. The van der Waals surface area contributed by atoms with Gasteiger partial charge in [0.15, 0.2) is 0 Å². The van der Waals surface area contributed by atoms with Gasteiger partial charge in [-0.05, 0) is 42.3 Å². The van der Waals surface area contributed by atoms with E-state index in [2.05, 4.69) is 64.8 Å². The lowest BCUT2D eigenvalue weighted by molar-refractivity contribution is 0.223. The molecule has 0 aliphatic carbocycles. The molecule has 3 aromatic carbocycles. The predicted octanol–water partition coefficient (Wildman–Crippen LogP) is 5.16. The molecule has 0 bridgehead atoms. The summed E-state index contributed by atoms with van der Waals surface area (Å²) in [5.74, 6) is 2.38. The van der Waals surface area contributed by atoms with E-state index < -0.39 is 0 Å². The number of nitrogens with one attached hydrogen (secondary N) is 1. The molecule has 6 heteroatoms. The summed E-state index contributed by atoms with van der Waals surface area (Å²) in [6.07, 6.45) is 1.32. The number of hydrogen-bond acceptors (Lipinski definition) is 5. The number of ether oxygens (including phenoxy) is 2. The van der Waals surface area contributed by atoms with E-state index in [9.17, 15) is 0 Å². The topological polar surface area (TPSA) is 61.2 Å². The second-order valence-electron chi connectivity index (χ2n) is 8.06. The molecule has 0 amide bonds. The fourth-order valence-corrected chi connectivity index (χ4v) is 4.54. The van der Waals surface area contributed by atoms with Crippen molar-refractivity contribution in [3.63, 3.8) is 0 Å². The maximum atomic E-state index is 6.63. The van der Waals surface area contributed by atoms with E-state index in [0.29, 0.717) is 5.95 Å². The van der Waals surface area contributed by atoms with Gasteiger partial charge in [-0.25, -0.2) is 4.68 Å². The van der Waals surface area contributed by atoms with Gasteiger partial charge < -0.3 is 14.8 Å². The molecule has 0 spiro atoms. The number of anilines is 1. The van der Waals surface area contributed by atoms with Gasteiger partial charge in [-0.1, -0.05) is 54.1 Å². The van der Waals surface area contributed by atoms with Gasteiger partial charge in [-0.3, -0.25) is 0 Å². The summed E-state index contributed by atoms with van der Waals surface area (Å²) in [6, 6.07) is 24.6. The van der Waals surface area contributed by atoms with E-state index in [1.54, 1.807) is 13.4 Å². The van der Waals surface area contributed by atoms with E-state index >= 15 is 0 Å². The lowest BCUT2D eigenvalue weighted by Crippen LogP contribution is -2.32. The van der Waals surface area contributed by atoms with E-state index in [0.717, 1.165) is 39.5 Å². The fourth-order valence-electron chi connectivity index (χ4n) is 4.54. The summed E-state index contributed by atoms with van der Waals surface area (Å²) in [6.45, 7) is 2.09. The molecule has 0 saturated carbocycles. The van der Waals surface area contributed by atoms with Gasteiger partial charge in [0.2, 0.25) is 5.95 Å². The lowest BCUT2D eigenvalue weighted by Gasteiger charge is -2.39.